The lowest BCUT2D eigenvalue weighted by atomic mass is 9.83. The zero-order valence-corrected chi connectivity index (χ0v) is 12.2. The summed E-state index contributed by atoms with van der Waals surface area (Å²) in [6.45, 7) is 12.0. The summed E-state index contributed by atoms with van der Waals surface area (Å²) in [7, 11) is 0. The number of nitrogens with zero attached hydrogens (tertiary/aromatic N) is 1. The average Bonchev–Trinajstić information content (AvgIpc) is 2.35. The van der Waals surface area contributed by atoms with E-state index < -0.39 is 0 Å². The van der Waals surface area contributed by atoms with Gasteiger partial charge in [-0.25, -0.2) is 0 Å². The Labute approximate surface area is 118 Å². The Morgan fingerprint density at radius 2 is 1.58 bits per heavy atom. The van der Waals surface area contributed by atoms with Gasteiger partial charge in [0.1, 0.15) is 0 Å². The number of likely N-dealkylation sites (N-methyl/N-ethyl adjacent to an activating group) is 1. The maximum Gasteiger partial charge on any atom is 0.159 e. The van der Waals surface area contributed by atoms with Gasteiger partial charge in [-0.2, -0.15) is 0 Å². The first-order valence-electron chi connectivity index (χ1n) is 6.75. The Hall–Kier alpha value is -1.15. The van der Waals surface area contributed by atoms with E-state index in [0.29, 0.717) is 0 Å². The Morgan fingerprint density at radius 1 is 1.11 bits per heavy atom. The molecule has 0 heterocycles. The number of hydrogen-bond donors (Lipinski definition) is 0. The summed E-state index contributed by atoms with van der Waals surface area (Å²) in [5.41, 5.74) is 0.782. The summed E-state index contributed by atoms with van der Waals surface area (Å²) >= 11 is 0. The highest BCUT2D eigenvalue weighted by atomic mass is 16.1. The molecule has 0 bridgehead atoms. The van der Waals surface area contributed by atoms with Crippen LogP contribution < -0.4 is 0 Å². The van der Waals surface area contributed by atoms with Crippen LogP contribution in [0.2, 0.25) is 0 Å². The lowest BCUT2D eigenvalue weighted by Crippen LogP contribution is -2.39. The number of carbonyl (C=O) groups excluding carboxylic acids is 1. The monoisotopic (exact) mass is 263 g/mol. The third kappa shape index (κ3) is 4.46. The summed E-state index contributed by atoms with van der Waals surface area (Å²) in [5, 5.41) is 0. The number of rotatable bonds is 5. The molecule has 1 aromatic rings. The van der Waals surface area contributed by atoms with Gasteiger partial charge in [-0.3, -0.25) is 9.69 Å². The van der Waals surface area contributed by atoms with Crippen LogP contribution in [0.3, 0.4) is 0 Å². The molecule has 0 saturated carbocycles. The van der Waals surface area contributed by atoms with E-state index in [9.17, 15) is 4.79 Å². The molecular weight excluding hydrogens is 234 g/mol. The highest BCUT2D eigenvalue weighted by molar-refractivity contribution is 5.89. The minimum Gasteiger partial charge on any atom is -0.297 e. The van der Waals surface area contributed by atoms with Crippen molar-refractivity contribution in [3.8, 4) is 0 Å². The maximum absolute atomic E-state index is 12.7. The van der Waals surface area contributed by atoms with Gasteiger partial charge in [-0.05, 0) is 18.7 Å². The third-order valence-electron chi connectivity index (χ3n) is 3.28. The fourth-order valence-corrected chi connectivity index (χ4v) is 2.16. The van der Waals surface area contributed by atoms with Crippen molar-refractivity contribution in [3.63, 3.8) is 0 Å². The molecule has 0 N–H and O–H groups in total. The molecule has 0 spiro atoms. The second kappa shape index (κ2) is 7.44. The molecule has 0 unspecified atom stereocenters. The highest BCUT2D eigenvalue weighted by Crippen LogP contribution is 2.30. The van der Waals surface area contributed by atoms with E-state index in [2.05, 4.69) is 18.7 Å². The van der Waals surface area contributed by atoms with Gasteiger partial charge in [0.2, 0.25) is 0 Å². The van der Waals surface area contributed by atoms with Gasteiger partial charge in [0.05, 0.1) is 6.04 Å². The maximum atomic E-state index is 12.7. The van der Waals surface area contributed by atoms with Crippen LogP contribution in [0, 0.1) is 5.41 Å². The molecule has 0 radical (unpaired) electrons. The van der Waals surface area contributed by atoms with Crippen LogP contribution in [-0.2, 0) is 4.79 Å². The van der Waals surface area contributed by atoms with E-state index in [1.807, 2.05) is 51.1 Å². The molecule has 1 atom stereocenters. The Balaban J connectivity index is 0.00000324. The second-order valence-corrected chi connectivity index (χ2v) is 5.65. The lowest BCUT2D eigenvalue weighted by Gasteiger charge is -2.33. The fourth-order valence-electron chi connectivity index (χ4n) is 2.16. The van der Waals surface area contributed by atoms with Crippen molar-refractivity contribution in [2.75, 3.05) is 13.1 Å². The predicted molar refractivity (Wildman–Crippen MR) is 83.3 cm³/mol. The molecule has 2 heteroatoms. The van der Waals surface area contributed by atoms with Crippen molar-refractivity contribution < 1.29 is 4.79 Å². The zero-order valence-electron chi connectivity index (χ0n) is 12.2. The van der Waals surface area contributed by atoms with Crippen LogP contribution in [0.15, 0.2) is 30.3 Å². The van der Waals surface area contributed by atoms with Gasteiger partial charge in [0, 0.05) is 5.41 Å². The quantitative estimate of drug-likeness (QED) is 0.788. The molecular formula is C17H29NO. The van der Waals surface area contributed by atoms with E-state index in [0.717, 1.165) is 18.7 Å². The van der Waals surface area contributed by atoms with E-state index in [-0.39, 0.29) is 24.7 Å². The first-order valence-corrected chi connectivity index (χ1v) is 6.75. The minimum atomic E-state index is -0.316. The van der Waals surface area contributed by atoms with E-state index in [1.54, 1.807) is 0 Å². The molecule has 0 aliphatic carbocycles. The van der Waals surface area contributed by atoms with Crippen molar-refractivity contribution in [3.05, 3.63) is 35.9 Å². The van der Waals surface area contributed by atoms with Crippen LogP contribution in [0.4, 0.5) is 0 Å². The number of carbonyl (C=O) groups is 1. The van der Waals surface area contributed by atoms with Gasteiger partial charge >= 0.3 is 0 Å². The minimum absolute atomic E-state index is 0. The summed E-state index contributed by atoms with van der Waals surface area (Å²) in [6.07, 6.45) is 0. The van der Waals surface area contributed by atoms with Crippen molar-refractivity contribution >= 4 is 5.78 Å². The smallest absolute Gasteiger partial charge is 0.159 e. The van der Waals surface area contributed by atoms with E-state index in [1.165, 1.54) is 0 Å². The van der Waals surface area contributed by atoms with Crippen LogP contribution in [-0.4, -0.2) is 23.8 Å². The number of hydrogen-bond acceptors (Lipinski definition) is 2. The Kier molecular flexibility index (Phi) is 6.99. The van der Waals surface area contributed by atoms with Crippen LogP contribution in [0.25, 0.3) is 0 Å². The summed E-state index contributed by atoms with van der Waals surface area (Å²) in [4.78, 5) is 14.9. The number of ketones is 1. The first kappa shape index (κ1) is 17.8. The molecule has 19 heavy (non-hydrogen) atoms. The zero-order chi connectivity index (χ0) is 13.8. The van der Waals surface area contributed by atoms with Gasteiger partial charge < -0.3 is 0 Å². The van der Waals surface area contributed by atoms with Gasteiger partial charge in [0.25, 0.3) is 0 Å². The fraction of sp³-hybridized carbons (Fsp3) is 0.588. The number of benzene rings is 1. The predicted octanol–water partition coefficient (Wildman–Crippen LogP) is 4.32. The molecule has 1 aromatic carbocycles. The van der Waals surface area contributed by atoms with Crippen molar-refractivity contribution in [1.29, 1.82) is 0 Å². The van der Waals surface area contributed by atoms with Crippen molar-refractivity contribution in [2.24, 2.45) is 5.41 Å². The summed E-state index contributed by atoms with van der Waals surface area (Å²) < 4.78 is 0. The normalized spacial score (nSPS) is 12.9. The molecule has 0 amide bonds. The average molecular weight is 263 g/mol. The molecule has 0 fully saturated rings. The molecule has 0 saturated heterocycles. The van der Waals surface area contributed by atoms with Gasteiger partial charge in [-0.1, -0.05) is 72.4 Å². The summed E-state index contributed by atoms with van der Waals surface area (Å²) in [5.74, 6) is 0.289. The third-order valence-corrected chi connectivity index (χ3v) is 3.28. The second-order valence-electron chi connectivity index (χ2n) is 5.65. The highest BCUT2D eigenvalue weighted by Gasteiger charge is 2.33. The van der Waals surface area contributed by atoms with Crippen LogP contribution in [0.5, 0.6) is 0 Å². The Morgan fingerprint density at radius 3 is 1.95 bits per heavy atom. The van der Waals surface area contributed by atoms with E-state index in [4.69, 9.17) is 0 Å². The van der Waals surface area contributed by atoms with Crippen molar-refractivity contribution in [1.82, 2.24) is 4.90 Å². The molecule has 0 aliphatic rings. The van der Waals surface area contributed by atoms with Crippen molar-refractivity contribution in [2.45, 2.75) is 48.1 Å². The molecule has 2 nitrogen and oxygen atoms in total. The molecule has 0 aliphatic heterocycles. The number of Topliss-reactive ketones (excluding diaryl/α,β-unsaturated/α-hetero) is 1. The molecule has 108 valence electrons. The SMILES string of the molecule is C.CCN(CC)[C@@H](C(=O)C(C)(C)C)c1ccccc1. The standard InChI is InChI=1S/C16H25NO.CH4/c1-6-17(7-2)14(15(18)16(3,4)5)13-11-9-8-10-12-13;/h8-12,14H,6-7H2,1-5H3;1H4/t14-;/m1./s1. The molecule has 0 aromatic heterocycles. The summed E-state index contributed by atoms with van der Waals surface area (Å²) in [6, 6.07) is 9.97. The molecule has 1 rings (SSSR count). The Bertz CT molecular complexity index is 374. The van der Waals surface area contributed by atoms with Crippen LogP contribution >= 0.6 is 0 Å². The first-order chi connectivity index (χ1) is 8.41. The lowest BCUT2D eigenvalue weighted by molar-refractivity contribution is -0.132. The van der Waals surface area contributed by atoms with E-state index >= 15 is 0 Å². The van der Waals surface area contributed by atoms with Gasteiger partial charge in [0.15, 0.2) is 5.78 Å². The topological polar surface area (TPSA) is 20.3 Å². The van der Waals surface area contributed by atoms with Crippen LogP contribution in [0.1, 0.15) is 53.7 Å². The largest absolute Gasteiger partial charge is 0.297 e. The van der Waals surface area contributed by atoms with Gasteiger partial charge in [-0.15, -0.1) is 0 Å².